The van der Waals surface area contributed by atoms with Crippen molar-refractivity contribution in [3.63, 3.8) is 0 Å². The largest absolute Gasteiger partial charge is 0.489 e. The van der Waals surface area contributed by atoms with Crippen LogP contribution in [0.1, 0.15) is 31.0 Å². The zero-order valence-corrected chi connectivity index (χ0v) is 19.3. The minimum absolute atomic E-state index is 0.282. The van der Waals surface area contributed by atoms with E-state index in [1.165, 1.54) is 10.8 Å². The molecule has 0 saturated heterocycles. The van der Waals surface area contributed by atoms with Crippen LogP contribution >= 0.6 is 11.8 Å². The summed E-state index contributed by atoms with van der Waals surface area (Å²) in [6, 6.07) is 22.2. The summed E-state index contributed by atoms with van der Waals surface area (Å²) in [5.41, 5.74) is 3.39. The van der Waals surface area contributed by atoms with Crippen molar-refractivity contribution in [2.45, 2.75) is 26.5 Å². The quantitative estimate of drug-likeness (QED) is 0.414. The molecule has 33 heavy (non-hydrogen) atoms. The Morgan fingerprint density at radius 1 is 1.06 bits per heavy atom. The molecule has 2 aliphatic rings. The lowest BCUT2D eigenvalue weighted by Crippen LogP contribution is -2.34. The van der Waals surface area contributed by atoms with Crippen LogP contribution in [0.25, 0.3) is 10.8 Å². The highest BCUT2D eigenvalue weighted by Crippen LogP contribution is 2.41. The second-order valence-corrected chi connectivity index (χ2v) is 8.70. The normalized spacial score (nSPS) is 17.2. The summed E-state index contributed by atoms with van der Waals surface area (Å²) in [7, 11) is 0. The van der Waals surface area contributed by atoms with Gasteiger partial charge in [0.15, 0.2) is 5.17 Å². The van der Waals surface area contributed by atoms with Gasteiger partial charge in [0, 0.05) is 6.20 Å². The fourth-order valence-electron chi connectivity index (χ4n) is 4.22. The Hall–Kier alpha value is -3.51. The summed E-state index contributed by atoms with van der Waals surface area (Å²) in [6.07, 6.45) is 1.96. The molecule has 1 atom stereocenters. The molecule has 3 aromatic carbocycles. The molecule has 2 aliphatic heterocycles. The van der Waals surface area contributed by atoms with Crippen LogP contribution in [0.15, 0.2) is 94.6 Å². The van der Waals surface area contributed by atoms with E-state index in [2.05, 4.69) is 35.3 Å². The van der Waals surface area contributed by atoms with Crippen molar-refractivity contribution >= 4 is 33.7 Å². The minimum atomic E-state index is -0.329. The maximum atomic E-state index is 12.8. The lowest BCUT2D eigenvalue weighted by atomic mass is 9.95. The van der Waals surface area contributed by atoms with Gasteiger partial charge in [-0.1, -0.05) is 66.4 Å². The van der Waals surface area contributed by atoms with E-state index in [9.17, 15) is 4.79 Å². The van der Waals surface area contributed by atoms with E-state index < -0.39 is 0 Å². The van der Waals surface area contributed by atoms with Crippen molar-refractivity contribution in [2.75, 3.05) is 6.61 Å². The highest BCUT2D eigenvalue weighted by molar-refractivity contribution is 8.16. The first-order valence-electron chi connectivity index (χ1n) is 10.9. The monoisotopic (exact) mass is 456 g/mol. The lowest BCUT2D eigenvalue weighted by molar-refractivity contribution is -0.139. The number of amidine groups is 1. The van der Waals surface area contributed by atoms with Crippen molar-refractivity contribution in [2.24, 2.45) is 4.99 Å². The van der Waals surface area contributed by atoms with Crippen LogP contribution in [-0.4, -0.2) is 22.6 Å². The third kappa shape index (κ3) is 4.14. The fourth-order valence-corrected chi connectivity index (χ4v) is 5.02. The van der Waals surface area contributed by atoms with Gasteiger partial charge in [-0.3, -0.25) is 0 Å². The highest BCUT2D eigenvalue weighted by atomic mass is 32.2. The molecule has 0 saturated carbocycles. The van der Waals surface area contributed by atoms with Crippen LogP contribution in [0.4, 0.5) is 0 Å². The first kappa shape index (κ1) is 21.3. The molecule has 5 rings (SSSR count). The first-order chi connectivity index (χ1) is 16.2. The number of carbonyl (C=O) groups excluding carboxylic acids is 1. The van der Waals surface area contributed by atoms with Crippen LogP contribution < -0.4 is 4.74 Å². The number of nitrogens with zero attached hydrogens (tertiary/aromatic N) is 2. The van der Waals surface area contributed by atoms with Crippen LogP contribution in [0.5, 0.6) is 5.75 Å². The Kier molecular flexibility index (Phi) is 5.92. The van der Waals surface area contributed by atoms with Gasteiger partial charge in [-0.15, -0.1) is 0 Å². The number of aliphatic imine (C=N–C) groups is 1. The maximum Gasteiger partial charge on any atom is 0.338 e. The Bertz CT molecular complexity index is 1290. The molecule has 0 amide bonds. The van der Waals surface area contributed by atoms with Crippen molar-refractivity contribution in [3.8, 4) is 5.75 Å². The topological polar surface area (TPSA) is 51.1 Å². The number of rotatable bonds is 6. The van der Waals surface area contributed by atoms with Gasteiger partial charge in [0.25, 0.3) is 0 Å². The number of allylic oxidation sites excluding steroid dienone is 1. The van der Waals surface area contributed by atoms with Crippen molar-refractivity contribution in [1.29, 1.82) is 0 Å². The van der Waals surface area contributed by atoms with Gasteiger partial charge < -0.3 is 14.4 Å². The zero-order chi connectivity index (χ0) is 22.8. The number of benzene rings is 3. The van der Waals surface area contributed by atoms with E-state index in [1.54, 1.807) is 11.8 Å². The summed E-state index contributed by atoms with van der Waals surface area (Å²) in [4.78, 5) is 19.4. The Labute approximate surface area is 197 Å². The molecular weight excluding hydrogens is 432 g/mol. The zero-order valence-electron chi connectivity index (χ0n) is 18.5. The van der Waals surface area contributed by atoms with E-state index in [0.717, 1.165) is 22.0 Å². The van der Waals surface area contributed by atoms with Gasteiger partial charge in [-0.25, -0.2) is 9.79 Å². The smallest absolute Gasteiger partial charge is 0.338 e. The fraction of sp³-hybridized carbons (Fsp3) is 0.185. The predicted molar refractivity (Wildman–Crippen MR) is 133 cm³/mol. The minimum Gasteiger partial charge on any atom is -0.489 e. The van der Waals surface area contributed by atoms with Crippen LogP contribution in [0.2, 0.25) is 0 Å². The van der Waals surface area contributed by atoms with Gasteiger partial charge in [0.05, 0.1) is 23.9 Å². The number of carbonyl (C=O) groups is 1. The third-order valence-corrected chi connectivity index (χ3v) is 6.56. The number of thioether (sulfide) groups is 1. The van der Waals surface area contributed by atoms with Crippen molar-refractivity contribution in [3.05, 3.63) is 101 Å². The second kappa shape index (κ2) is 9.16. The summed E-state index contributed by atoms with van der Waals surface area (Å²) in [6.45, 7) is 4.49. The molecule has 0 aliphatic carbocycles. The summed E-state index contributed by atoms with van der Waals surface area (Å²) < 4.78 is 11.5. The Morgan fingerprint density at radius 3 is 2.67 bits per heavy atom. The standard InChI is InChI=1S/C27H24N2O3S/c1-3-31-26(30)24-18(2)28-27-29(15-16-33-27)25(24)20-11-13-22(14-12-20)32-17-21-9-6-8-19-7-4-5-10-23(19)21/h4-16,25H,3,17H2,1-2H3/t25-/m0/s1. The van der Waals surface area contributed by atoms with Gasteiger partial charge in [0.1, 0.15) is 12.4 Å². The van der Waals surface area contributed by atoms with Crippen LogP contribution in [-0.2, 0) is 16.1 Å². The molecule has 0 spiro atoms. The average Bonchev–Trinajstić information content (AvgIpc) is 3.30. The molecule has 0 radical (unpaired) electrons. The van der Waals surface area contributed by atoms with E-state index in [0.29, 0.717) is 24.5 Å². The molecular formula is C27H24N2O3S. The Morgan fingerprint density at radius 2 is 1.85 bits per heavy atom. The number of ether oxygens (including phenoxy) is 2. The van der Waals surface area contributed by atoms with E-state index in [-0.39, 0.29) is 12.0 Å². The second-order valence-electron chi connectivity index (χ2n) is 7.82. The van der Waals surface area contributed by atoms with Crippen molar-refractivity contribution < 1.29 is 14.3 Å². The number of fused-ring (bicyclic) bond motifs is 2. The molecule has 0 fully saturated rings. The Balaban J connectivity index is 1.39. The van der Waals surface area contributed by atoms with Crippen LogP contribution in [0, 0.1) is 0 Å². The van der Waals surface area contributed by atoms with Crippen LogP contribution in [0.3, 0.4) is 0 Å². The highest BCUT2D eigenvalue weighted by Gasteiger charge is 2.37. The molecule has 2 heterocycles. The molecule has 0 aromatic heterocycles. The molecule has 0 unspecified atom stereocenters. The number of hydrogen-bond acceptors (Lipinski definition) is 6. The SMILES string of the molecule is CCOC(=O)C1=C(C)N=C2SC=CN2[C@H]1c1ccc(OCc2cccc3ccccc23)cc1. The molecule has 0 N–H and O–H groups in total. The maximum absolute atomic E-state index is 12.8. The van der Waals surface area contributed by atoms with Gasteiger partial charge >= 0.3 is 5.97 Å². The predicted octanol–water partition coefficient (Wildman–Crippen LogP) is 6.19. The number of esters is 1. The molecule has 0 bridgehead atoms. The summed E-state index contributed by atoms with van der Waals surface area (Å²) in [5.74, 6) is 0.450. The molecule has 5 nitrogen and oxygen atoms in total. The average molecular weight is 457 g/mol. The van der Waals surface area contributed by atoms with Gasteiger partial charge in [-0.05, 0) is 53.3 Å². The molecule has 166 valence electrons. The lowest BCUT2D eigenvalue weighted by Gasteiger charge is -2.33. The van der Waals surface area contributed by atoms with E-state index >= 15 is 0 Å². The third-order valence-electron chi connectivity index (χ3n) is 5.79. The van der Waals surface area contributed by atoms with E-state index in [1.807, 2.05) is 66.8 Å². The summed E-state index contributed by atoms with van der Waals surface area (Å²) in [5, 5.41) is 5.24. The van der Waals surface area contributed by atoms with E-state index in [4.69, 9.17) is 9.47 Å². The van der Waals surface area contributed by atoms with Gasteiger partial charge in [0.2, 0.25) is 0 Å². The molecule has 6 heteroatoms. The van der Waals surface area contributed by atoms with Gasteiger partial charge in [-0.2, -0.15) is 0 Å². The van der Waals surface area contributed by atoms with Crippen molar-refractivity contribution in [1.82, 2.24) is 4.90 Å². The first-order valence-corrected chi connectivity index (χ1v) is 11.8. The summed E-state index contributed by atoms with van der Waals surface area (Å²) >= 11 is 1.55. The number of hydrogen-bond donors (Lipinski definition) is 0. The molecule has 3 aromatic rings.